The first-order valence-electron chi connectivity index (χ1n) is 6.35. The number of hydrogen-bond donors (Lipinski definition) is 1. The number of hydrogen-bond acceptors (Lipinski definition) is 3. The maximum atomic E-state index is 12.3. The van der Waals surface area contributed by atoms with E-state index in [0.29, 0.717) is 22.7 Å². The van der Waals surface area contributed by atoms with Gasteiger partial charge < -0.3 is 14.8 Å². The van der Waals surface area contributed by atoms with Crippen molar-refractivity contribution in [1.82, 2.24) is 0 Å². The highest BCUT2D eigenvalue weighted by molar-refractivity contribution is 9.10. The second kappa shape index (κ2) is 6.63. The van der Waals surface area contributed by atoms with Gasteiger partial charge in [0, 0.05) is 21.8 Å². The van der Waals surface area contributed by atoms with E-state index in [1.807, 2.05) is 19.1 Å². The summed E-state index contributed by atoms with van der Waals surface area (Å²) in [6.45, 7) is 1.90. The maximum Gasteiger partial charge on any atom is 0.255 e. The van der Waals surface area contributed by atoms with Gasteiger partial charge in [0.05, 0.1) is 14.2 Å². The molecule has 21 heavy (non-hydrogen) atoms. The standard InChI is InChI=1S/C16H16BrNO3/c1-10-12(5-4-6-13(10)17)16(19)18-11-7-8-14(20-2)15(9-11)21-3/h4-9H,1-3H3,(H,18,19). The molecular formula is C16H16BrNO3. The van der Waals surface area contributed by atoms with Gasteiger partial charge in [-0.3, -0.25) is 4.79 Å². The summed E-state index contributed by atoms with van der Waals surface area (Å²) >= 11 is 3.42. The average Bonchev–Trinajstić information content (AvgIpc) is 2.49. The van der Waals surface area contributed by atoms with Crippen molar-refractivity contribution in [2.24, 2.45) is 0 Å². The van der Waals surface area contributed by atoms with Crippen LogP contribution in [0, 0.1) is 6.92 Å². The summed E-state index contributed by atoms with van der Waals surface area (Å²) in [5.41, 5.74) is 2.17. The molecule has 2 rings (SSSR count). The molecule has 0 heterocycles. The molecule has 5 heteroatoms. The monoisotopic (exact) mass is 349 g/mol. The van der Waals surface area contributed by atoms with E-state index >= 15 is 0 Å². The molecule has 0 unspecified atom stereocenters. The van der Waals surface area contributed by atoms with Crippen LogP contribution in [0.3, 0.4) is 0 Å². The summed E-state index contributed by atoms with van der Waals surface area (Å²) in [6, 6.07) is 10.8. The molecule has 0 fully saturated rings. The second-order valence-electron chi connectivity index (χ2n) is 4.44. The Balaban J connectivity index is 2.25. The van der Waals surface area contributed by atoms with Crippen LogP contribution in [0.15, 0.2) is 40.9 Å². The van der Waals surface area contributed by atoms with Gasteiger partial charge >= 0.3 is 0 Å². The third-order valence-corrected chi connectivity index (χ3v) is 4.01. The zero-order valence-electron chi connectivity index (χ0n) is 12.1. The van der Waals surface area contributed by atoms with Crippen LogP contribution in [0.5, 0.6) is 11.5 Å². The zero-order chi connectivity index (χ0) is 15.4. The minimum absolute atomic E-state index is 0.166. The molecule has 0 bridgehead atoms. The van der Waals surface area contributed by atoms with Crippen molar-refractivity contribution >= 4 is 27.5 Å². The molecule has 0 atom stereocenters. The van der Waals surface area contributed by atoms with Crippen molar-refractivity contribution in [3.8, 4) is 11.5 Å². The lowest BCUT2D eigenvalue weighted by atomic mass is 10.1. The number of rotatable bonds is 4. The highest BCUT2D eigenvalue weighted by Crippen LogP contribution is 2.30. The van der Waals surface area contributed by atoms with Gasteiger partial charge in [0.15, 0.2) is 11.5 Å². The molecule has 0 saturated heterocycles. The van der Waals surface area contributed by atoms with Crippen molar-refractivity contribution in [3.05, 3.63) is 52.0 Å². The Kier molecular flexibility index (Phi) is 4.85. The van der Waals surface area contributed by atoms with E-state index in [0.717, 1.165) is 10.0 Å². The highest BCUT2D eigenvalue weighted by Gasteiger charge is 2.12. The molecule has 0 aliphatic rings. The van der Waals surface area contributed by atoms with Crippen molar-refractivity contribution in [2.45, 2.75) is 6.92 Å². The van der Waals surface area contributed by atoms with E-state index in [-0.39, 0.29) is 5.91 Å². The lowest BCUT2D eigenvalue weighted by Crippen LogP contribution is -2.13. The average molecular weight is 350 g/mol. The smallest absolute Gasteiger partial charge is 0.255 e. The van der Waals surface area contributed by atoms with Crippen LogP contribution >= 0.6 is 15.9 Å². The van der Waals surface area contributed by atoms with Crippen LogP contribution in [0.25, 0.3) is 0 Å². The number of amides is 1. The number of nitrogens with one attached hydrogen (secondary N) is 1. The number of carbonyl (C=O) groups is 1. The van der Waals surface area contributed by atoms with E-state index in [1.54, 1.807) is 38.5 Å². The first kappa shape index (κ1) is 15.4. The Morgan fingerprint density at radius 2 is 1.81 bits per heavy atom. The fourth-order valence-electron chi connectivity index (χ4n) is 1.97. The third kappa shape index (κ3) is 3.36. The van der Waals surface area contributed by atoms with Gasteiger partial charge in [-0.25, -0.2) is 0 Å². The Morgan fingerprint density at radius 1 is 1.10 bits per heavy atom. The van der Waals surface area contributed by atoms with Gasteiger partial charge in [-0.05, 0) is 36.8 Å². The van der Waals surface area contributed by atoms with Gasteiger partial charge in [-0.1, -0.05) is 22.0 Å². The predicted octanol–water partition coefficient (Wildman–Crippen LogP) is 4.03. The SMILES string of the molecule is COc1ccc(NC(=O)c2cccc(Br)c2C)cc1OC. The fraction of sp³-hybridized carbons (Fsp3) is 0.188. The minimum Gasteiger partial charge on any atom is -0.493 e. The molecule has 0 aliphatic carbocycles. The van der Waals surface area contributed by atoms with Gasteiger partial charge in [-0.15, -0.1) is 0 Å². The molecule has 2 aromatic carbocycles. The highest BCUT2D eigenvalue weighted by atomic mass is 79.9. The van der Waals surface area contributed by atoms with Crippen LogP contribution in [0.4, 0.5) is 5.69 Å². The molecule has 0 aliphatic heterocycles. The normalized spacial score (nSPS) is 10.1. The van der Waals surface area contributed by atoms with E-state index in [4.69, 9.17) is 9.47 Å². The van der Waals surface area contributed by atoms with E-state index in [2.05, 4.69) is 21.2 Å². The largest absolute Gasteiger partial charge is 0.493 e. The summed E-state index contributed by atoms with van der Waals surface area (Å²) in [7, 11) is 3.13. The van der Waals surface area contributed by atoms with Crippen LogP contribution in [-0.2, 0) is 0 Å². The molecule has 2 aromatic rings. The van der Waals surface area contributed by atoms with Crippen molar-refractivity contribution < 1.29 is 14.3 Å². The van der Waals surface area contributed by atoms with Crippen LogP contribution in [0.1, 0.15) is 15.9 Å². The van der Waals surface area contributed by atoms with E-state index < -0.39 is 0 Å². The maximum absolute atomic E-state index is 12.3. The topological polar surface area (TPSA) is 47.6 Å². The van der Waals surface area contributed by atoms with Crippen LogP contribution < -0.4 is 14.8 Å². The Morgan fingerprint density at radius 3 is 2.48 bits per heavy atom. The van der Waals surface area contributed by atoms with Crippen LogP contribution in [0.2, 0.25) is 0 Å². The summed E-state index contributed by atoms with van der Waals surface area (Å²) in [6.07, 6.45) is 0. The van der Waals surface area contributed by atoms with E-state index in [9.17, 15) is 4.79 Å². The number of benzene rings is 2. The molecule has 1 N–H and O–H groups in total. The number of methoxy groups -OCH3 is 2. The molecule has 0 aromatic heterocycles. The minimum atomic E-state index is -0.166. The third-order valence-electron chi connectivity index (χ3n) is 3.15. The van der Waals surface area contributed by atoms with E-state index in [1.165, 1.54) is 0 Å². The van der Waals surface area contributed by atoms with Crippen molar-refractivity contribution in [2.75, 3.05) is 19.5 Å². The van der Waals surface area contributed by atoms with Gasteiger partial charge in [0.1, 0.15) is 0 Å². The molecular weight excluding hydrogens is 334 g/mol. The molecule has 0 spiro atoms. The molecule has 0 saturated carbocycles. The van der Waals surface area contributed by atoms with Gasteiger partial charge in [0.2, 0.25) is 0 Å². The first-order valence-corrected chi connectivity index (χ1v) is 7.14. The second-order valence-corrected chi connectivity index (χ2v) is 5.29. The summed E-state index contributed by atoms with van der Waals surface area (Å²) in [5, 5.41) is 2.86. The summed E-state index contributed by atoms with van der Waals surface area (Å²) in [5.74, 6) is 1.02. The summed E-state index contributed by atoms with van der Waals surface area (Å²) < 4.78 is 11.3. The Hall–Kier alpha value is -2.01. The van der Waals surface area contributed by atoms with Crippen molar-refractivity contribution in [3.63, 3.8) is 0 Å². The van der Waals surface area contributed by atoms with Crippen molar-refractivity contribution in [1.29, 1.82) is 0 Å². The molecule has 0 radical (unpaired) electrons. The lowest BCUT2D eigenvalue weighted by Gasteiger charge is -2.12. The quantitative estimate of drug-likeness (QED) is 0.906. The molecule has 1 amide bonds. The zero-order valence-corrected chi connectivity index (χ0v) is 13.7. The number of carbonyl (C=O) groups excluding carboxylic acids is 1. The number of halogens is 1. The lowest BCUT2D eigenvalue weighted by molar-refractivity contribution is 0.102. The first-order chi connectivity index (χ1) is 10.1. The number of ether oxygens (including phenoxy) is 2. The summed E-state index contributed by atoms with van der Waals surface area (Å²) in [4.78, 5) is 12.3. The molecule has 110 valence electrons. The fourth-order valence-corrected chi connectivity index (χ4v) is 2.33. The van der Waals surface area contributed by atoms with Crippen LogP contribution in [-0.4, -0.2) is 20.1 Å². The Labute approximate surface area is 132 Å². The number of anilines is 1. The molecule has 4 nitrogen and oxygen atoms in total. The predicted molar refractivity (Wildman–Crippen MR) is 86.4 cm³/mol. The Bertz CT molecular complexity index is 671. The van der Waals surface area contributed by atoms with Gasteiger partial charge in [0.25, 0.3) is 5.91 Å². The van der Waals surface area contributed by atoms with Gasteiger partial charge in [-0.2, -0.15) is 0 Å².